The highest BCUT2D eigenvalue weighted by atomic mass is 16.7. The van der Waals surface area contributed by atoms with Crippen LogP contribution in [-0.4, -0.2) is 131 Å². The van der Waals surface area contributed by atoms with Crippen molar-refractivity contribution < 1.29 is 73.7 Å². The number of aliphatic hydroxyl groups excluding tert-OH is 5. The van der Waals surface area contributed by atoms with E-state index in [0.717, 1.165) is 6.08 Å². The van der Waals surface area contributed by atoms with Crippen molar-refractivity contribution in [3.63, 3.8) is 0 Å². The Morgan fingerprint density at radius 1 is 0.848 bits per heavy atom. The quantitative estimate of drug-likeness (QED) is 0.114. The second-order valence-electron chi connectivity index (χ2n) is 10.8. The fourth-order valence-electron chi connectivity index (χ4n) is 5.08. The standard InChI is InChI=1S/C31H40O15/c1-15-24(36)25(37)26(38)31(43-15)46-29-27(39)30(42-11-10-17-5-8-20(40-2)19(34)12-17)44-22(14-32)28(29)45-23(35)9-6-16-4-7-18(33)21(13-16)41-3/h4-9,12-13,15,22,24-34,36-39H,10-11,14H2,1-3H3/t15-,22+,24-,25+,26+,27+,28+,29+,30+,31-/m0/s1. The smallest absolute Gasteiger partial charge is 0.331 e. The fraction of sp³-hybridized carbons (Fsp3) is 0.516. The van der Waals surface area contributed by atoms with Crippen LogP contribution in [0.5, 0.6) is 23.0 Å². The highest BCUT2D eigenvalue weighted by Crippen LogP contribution is 2.32. The molecular weight excluding hydrogens is 612 g/mol. The minimum atomic E-state index is -1.75. The lowest BCUT2D eigenvalue weighted by molar-refractivity contribution is -0.357. The molecule has 0 amide bonds. The molecule has 46 heavy (non-hydrogen) atoms. The molecule has 15 nitrogen and oxygen atoms in total. The van der Waals surface area contributed by atoms with Crippen molar-refractivity contribution in [2.45, 2.75) is 74.8 Å². The lowest BCUT2D eigenvalue weighted by Crippen LogP contribution is -2.65. The Kier molecular flexibility index (Phi) is 12.2. The predicted octanol–water partition coefficient (Wildman–Crippen LogP) is -0.410. The molecule has 4 rings (SSSR count). The van der Waals surface area contributed by atoms with Crippen LogP contribution in [0.1, 0.15) is 18.1 Å². The molecule has 254 valence electrons. The van der Waals surface area contributed by atoms with Gasteiger partial charge in [-0.25, -0.2) is 4.79 Å². The van der Waals surface area contributed by atoms with Crippen LogP contribution in [0.15, 0.2) is 42.5 Å². The second-order valence-corrected chi connectivity index (χ2v) is 10.8. The van der Waals surface area contributed by atoms with Gasteiger partial charge in [0.05, 0.1) is 33.5 Å². The van der Waals surface area contributed by atoms with Crippen molar-refractivity contribution in [1.29, 1.82) is 0 Å². The number of benzene rings is 2. The zero-order chi connectivity index (χ0) is 33.5. The Hall–Kier alpha value is -3.51. The summed E-state index contributed by atoms with van der Waals surface area (Å²) in [6.45, 7) is 0.712. The molecule has 15 heteroatoms. The lowest BCUT2D eigenvalue weighted by Gasteiger charge is -2.46. The normalized spacial score (nSPS) is 31.5. The number of ether oxygens (including phenoxy) is 7. The summed E-state index contributed by atoms with van der Waals surface area (Å²) in [5.74, 6) is -0.625. The zero-order valence-corrected chi connectivity index (χ0v) is 25.4. The molecule has 10 atom stereocenters. The summed E-state index contributed by atoms with van der Waals surface area (Å²) < 4.78 is 38.6. The molecule has 2 heterocycles. The monoisotopic (exact) mass is 652 g/mol. The molecule has 0 aliphatic carbocycles. The molecule has 2 fully saturated rings. The van der Waals surface area contributed by atoms with Crippen LogP contribution in [0.3, 0.4) is 0 Å². The average Bonchev–Trinajstić information content (AvgIpc) is 3.04. The van der Waals surface area contributed by atoms with Gasteiger partial charge in [-0.3, -0.25) is 0 Å². The highest BCUT2D eigenvalue weighted by molar-refractivity contribution is 5.87. The molecule has 0 unspecified atom stereocenters. The molecule has 0 saturated carbocycles. The molecule has 2 saturated heterocycles. The van der Waals surface area contributed by atoms with E-state index in [1.165, 1.54) is 51.5 Å². The third-order valence-electron chi connectivity index (χ3n) is 7.68. The average molecular weight is 653 g/mol. The van der Waals surface area contributed by atoms with Crippen molar-refractivity contribution >= 4 is 12.0 Å². The van der Waals surface area contributed by atoms with E-state index >= 15 is 0 Å². The number of esters is 1. The third-order valence-corrected chi connectivity index (χ3v) is 7.68. The first kappa shape index (κ1) is 35.3. The van der Waals surface area contributed by atoms with E-state index < -0.39 is 74.0 Å². The topological polar surface area (TPSA) is 223 Å². The Balaban J connectivity index is 1.52. The summed E-state index contributed by atoms with van der Waals surface area (Å²) in [7, 11) is 2.79. The third kappa shape index (κ3) is 8.25. The lowest BCUT2D eigenvalue weighted by atomic mass is 9.97. The summed E-state index contributed by atoms with van der Waals surface area (Å²) in [5.41, 5.74) is 1.16. The van der Waals surface area contributed by atoms with E-state index in [1.807, 2.05) is 0 Å². The number of carbonyl (C=O) groups excluding carboxylic acids is 1. The summed E-state index contributed by atoms with van der Waals surface area (Å²) in [4.78, 5) is 12.9. The summed E-state index contributed by atoms with van der Waals surface area (Å²) in [6.07, 6.45) is -12.1. The van der Waals surface area contributed by atoms with E-state index in [0.29, 0.717) is 16.9 Å². The predicted molar refractivity (Wildman–Crippen MR) is 157 cm³/mol. The van der Waals surface area contributed by atoms with Crippen molar-refractivity contribution in [2.75, 3.05) is 27.4 Å². The van der Waals surface area contributed by atoms with Gasteiger partial charge in [0, 0.05) is 6.08 Å². The maximum atomic E-state index is 12.9. The molecule has 2 aliphatic rings. The van der Waals surface area contributed by atoms with Gasteiger partial charge in [-0.1, -0.05) is 12.1 Å². The first-order chi connectivity index (χ1) is 22.0. The Morgan fingerprint density at radius 2 is 1.59 bits per heavy atom. The number of hydrogen-bond donors (Lipinski definition) is 7. The SMILES string of the molecule is COc1ccc(CCO[C@@H]2O[C@H](CO)[C@@H](OC(=O)C=Cc3ccc(O)c(OC)c3)[C@H](O[C@@H]3O[C@@H](C)[C@H](O)[C@@H](O)[C@H]3O)[C@H]2O)cc1O. The molecular formula is C31H40O15. The van der Waals surface area contributed by atoms with Crippen LogP contribution >= 0.6 is 0 Å². The van der Waals surface area contributed by atoms with Crippen molar-refractivity contribution in [2.24, 2.45) is 0 Å². The molecule has 0 spiro atoms. The Morgan fingerprint density at radius 3 is 2.26 bits per heavy atom. The molecule has 0 radical (unpaired) electrons. The van der Waals surface area contributed by atoms with Gasteiger partial charge < -0.3 is 68.9 Å². The minimum absolute atomic E-state index is 0.0217. The molecule has 2 aromatic carbocycles. The fourth-order valence-corrected chi connectivity index (χ4v) is 5.08. The second kappa shape index (κ2) is 15.9. The van der Waals surface area contributed by atoms with Gasteiger partial charge in [-0.2, -0.15) is 0 Å². The van der Waals surface area contributed by atoms with E-state index in [4.69, 9.17) is 33.2 Å². The first-order valence-electron chi connectivity index (χ1n) is 14.5. The van der Waals surface area contributed by atoms with Crippen molar-refractivity contribution in [3.8, 4) is 23.0 Å². The molecule has 2 aromatic rings. The van der Waals surface area contributed by atoms with Gasteiger partial charge in [0.2, 0.25) is 0 Å². The zero-order valence-electron chi connectivity index (χ0n) is 25.4. The van der Waals surface area contributed by atoms with Crippen molar-refractivity contribution in [1.82, 2.24) is 0 Å². The van der Waals surface area contributed by atoms with Gasteiger partial charge in [0.15, 0.2) is 41.7 Å². The Bertz CT molecular complexity index is 1340. The highest BCUT2D eigenvalue weighted by Gasteiger charge is 2.52. The van der Waals surface area contributed by atoms with Crippen LogP contribution in [0.25, 0.3) is 6.08 Å². The van der Waals surface area contributed by atoms with Crippen molar-refractivity contribution in [3.05, 3.63) is 53.6 Å². The van der Waals surface area contributed by atoms with Gasteiger partial charge in [0.1, 0.15) is 36.6 Å². The van der Waals surface area contributed by atoms with E-state index in [2.05, 4.69) is 0 Å². The number of aliphatic hydroxyl groups is 5. The maximum Gasteiger partial charge on any atom is 0.331 e. The number of phenolic OH excluding ortho intramolecular Hbond substituents is 2. The van der Waals surface area contributed by atoms with E-state index in [1.54, 1.807) is 12.1 Å². The number of hydrogen-bond acceptors (Lipinski definition) is 15. The number of methoxy groups -OCH3 is 2. The van der Waals surface area contributed by atoms with Crippen LogP contribution in [0.2, 0.25) is 0 Å². The van der Waals surface area contributed by atoms with Crippen LogP contribution < -0.4 is 9.47 Å². The number of rotatable bonds is 12. The van der Waals surface area contributed by atoms with Crippen LogP contribution in [0, 0.1) is 0 Å². The van der Waals surface area contributed by atoms with Gasteiger partial charge in [-0.15, -0.1) is 0 Å². The van der Waals surface area contributed by atoms with Gasteiger partial charge >= 0.3 is 5.97 Å². The van der Waals surface area contributed by atoms with E-state index in [-0.39, 0.29) is 30.3 Å². The number of aromatic hydroxyl groups is 2. The summed E-state index contributed by atoms with van der Waals surface area (Å²) >= 11 is 0. The molecule has 0 bridgehead atoms. The summed E-state index contributed by atoms with van der Waals surface area (Å²) in [6, 6.07) is 9.16. The largest absolute Gasteiger partial charge is 0.504 e. The number of phenols is 2. The van der Waals surface area contributed by atoms with Gasteiger partial charge in [-0.05, 0) is 54.8 Å². The molecule has 0 aromatic heterocycles. The molecule has 7 N–H and O–H groups in total. The van der Waals surface area contributed by atoms with Crippen LogP contribution in [-0.2, 0) is 34.9 Å². The number of carbonyl (C=O) groups is 1. The Labute approximate surface area is 264 Å². The van der Waals surface area contributed by atoms with E-state index in [9.17, 15) is 40.5 Å². The first-order valence-corrected chi connectivity index (χ1v) is 14.5. The summed E-state index contributed by atoms with van der Waals surface area (Å²) in [5, 5.41) is 72.3. The van der Waals surface area contributed by atoms with Crippen LogP contribution in [0.4, 0.5) is 0 Å². The van der Waals surface area contributed by atoms with Gasteiger partial charge in [0.25, 0.3) is 0 Å². The molecule has 2 aliphatic heterocycles. The minimum Gasteiger partial charge on any atom is -0.504 e. The maximum absolute atomic E-state index is 12.9.